The zero-order chi connectivity index (χ0) is 13.8. The van der Waals surface area contributed by atoms with Crippen LogP contribution in [0.3, 0.4) is 0 Å². The van der Waals surface area contributed by atoms with Crippen molar-refractivity contribution in [3.8, 4) is 0 Å². The highest BCUT2D eigenvalue weighted by Crippen LogP contribution is 2.38. The Morgan fingerprint density at radius 3 is 2.42 bits per heavy atom. The number of rotatable bonds is 5. The van der Waals surface area contributed by atoms with Crippen LogP contribution < -0.4 is 5.32 Å². The number of halogens is 2. The van der Waals surface area contributed by atoms with Crippen LogP contribution in [0.5, 0.6) is 0 Å². The second-order valence-electron chi connectivity index (χ2n) is 4.04. The van der Waals surface area contributed by atoms with Gasteiger partial charge in [0.25, 0.3) is 0 Å². The quantitative estimate of drug-likeness (QED) is 0.623. The molecule has 1 aromatic carbocycles. The van der Waals surface area contributed by atoms with E-state index >= 15 is 0 Å². The molecule has 0 saturated heterocycles. The van der Waals surface area contributed by atoms with Gasteiger partial charge in [-0.2, -0.15) is 0 Å². The maximum absolute atomic E-state index is 3.66. The van der Waals surface area contributed by atoms with E-state index in [-0.39, 0.29) is 6.04 Å². The minimum Gasteiger partial charge on any atom is -0.306 e. The Hall–Kier alpha value is 0.190. The van der Waals surface area contributed by atoms with Gasteiger partial charge in [-0.25, -0.2) is 0 Å². The van der Waals surface area contributed by atoms with Crippen molar-refractivity contribution < 1.29 is 0 Å². The SMILES string of the molecule is CCNC(c1ccc(SC)cc1)c1cc(Br)sc1Br. The molecule has 0 aliphatic rings. The van der Waals surface area contributed by atoms with Gasteiger partial charge in [0.2, 0.25) is 0 Å². The van der Waals surface area contributed by atoms with Gasteiger partial charge in [0, 0.05) is 4.90 Å². The smallest absolute Gasteiger partial charge is 0.0761 e. The first-order valence-electron chi connectivity index (χ1n) is 5.97. The van der Waals surface area contributed by atoms with Crippen LogP contribution in [0.2, 0.25) is 0 Å². The number of thiophene rings is 1. The minimum atomic E-state index is 0.234. The topological polar surface area (TPSA) is 12.0 Å². The lowest BCUT2D eigenvalue weighted by atomic mass is 10.0. The lowest BCUT2D eigenvalue weighted by molar-refractivity contribution is 0.630. The molecule has 0 amide bonds. The Bertz CT molecular complexity index is 537. The molecule has 1 atom stereocenters. The van der Waals surface area contributed by atoms with Crippen LogP contribution in [0.4, 0.5) is 0 Å². The van der Waals surface area contributed by atoms with Gasteiger partial charge in [0.1, 0.15) is 0 Å². The molecule has 0 fully saturated rings. The highest BCUT2D eigenvalue weighted by atomic mass is 79.9. The molecule has 2 aromatic rings. The molecular formula is C14H15Br2NS2. The Kier molecular flexibility index (Phi) is 5.96. The molecule has 19 heavy (non-hydrogen) atoms. The summed E-state index contributed by atoms with van der Waals surface area (Å²) in [6.07, 6.45) is 2.10. The van der Waals surface area contributed by atoms with Gasteiger partial charge in [-0.05, 0) is 74.0 Å². The van der Waals surface area contributed by atoms with E-state index in [1.807, 2.05) is 0 Å². The largest absolute Gasteiger partial charge is 0.306 e. The third-order valence-corrected chi connectivity index (χ3v) is 5.98. The standard InChI is InChI=1S/C14H15Br2NS2/c1-3-17-13(11-8-12(15)19-14(11)16)9-4-6-10(18-2)7-5-9/h4-8,13,17H,3H2,1-2H3. The highest BCUT2D eigenvalue weighted by Gasteiger charge is 2.18. The van der Waals surface area contributed by atoms with Crippen LogP contribution in [0.1, 0.15) is 24.1 Å². The molecule has 2 rings (SSSR count). The molecule has 1 unspecified atom stereocenters. The van der Waals surface area contributed by atoms with E-state index < -0.39 is 0 Å². The summed E-state index contributed by atoms with van der Waals surface area (Å²) in [4.78, 5) is 1.30. The third-order valence-electron chi connectivity index (χ3n) is 2.85. The molecule has 0 saturated carbocycles. The Morgan fingerprint density at radius 2 is 1.95 bits per heavy atom. The highest BCUT2D eigenvalue weighted by molar-refractivity contribution is 9.12. The molecule has 1 N–H and O–H groups in total. The predicted octanol–water partition coefficient (Wildman–Crippen LogP) is 5.69. The second kappa shape index (κ2) is 7.27. The first-order chi connectivity index (χ1) is 9.15. The van der Waals surface area contributed by atoms with E-state index in [0.29, 0.717) is 0 Å². The molecule has 0 spiro atoms. The van der Waals surface area contributed by atoms with Gasteiger partial charge in [-0.1, -0.05) is 19.1 Å². The summed E-state index contributed by atoms with van der Waals surface area (Å²) < 4.78 is 2.33. The molecule has 1 heterocycles. The van der Waals surface area contributed by atoms with Crippen molar-refractivity contribution in [2.24, 2.45) is 0 Å². The number of nitrogens with one attached hydrogen (secondary N) is 1. The normalized spacial score (nSPS) is 12.6. The molecule has 1 aromatic heterocycles. The van der Waals surface area contributed by atoms with Crippen molar-refractivity contribution >= 4 is 55.0 Å². The minimum absolute atomic E-state index is 0.234. The van der Waals surface area contributed by atoms with Gasteiger partial charge >= 0.3 is 0 Å². The monoisotopic (exact) mass is 419 g/mol. The van der Waals surface area contributed by atoms with Crippen molar-refractivity contribution in [2.45, 2.75) is 17.9 Å². The first-order valence-corrected chi connectivity index (χ1v) is 9.60. The zero-order valence-electron chi connectivity index (χ0n) is 10.7. The van der Waals surface area contributed by atoms with Crippen LogP contribution in [0.15, 0.2) is 42.8 Å². The zero-order valence-corrected chi connectivity index (χ0v) is 15.5. The second-order valence-corrected chi connectivity index (χ2v) is 8.67. The van der Waals surface area contributed by atoms with Crippen molar-refractivity contribution in [3.63, 3.8) is 0 Å². The Balaban J connectivity index is 2.36. The lowest BCUT2D eigenvalue weighted by Crippen LogP contribution is -2.21. The van der Waals surface area contributed by atoms with Crippen LogP contribution in [0.25, 0.3) is 0 Å². The molecule has 5 heteroatoms. The third kappa shape index (κ3) is 3.85. The van der Waals surface area contributed by atoms with Crippen molar-refractivity contribution in [1.29, 1.82) is 0 Å². The van der Waals surface area contributed by atoms with E-state index in [4.69, 9.17) is 0 Å². The number of hydrogen-bond acceptors (Lipinski definition) is 3. The summed E-state index contributed by atoms with van der Waals surface area (Å²) in [7, 11) is 0. The predicted molar refractivity (Wildman–Crippen MR) is 93.5 cm³/mol. The van der Waals surface area contributed by atoms with Gasteiger partial charge in [0.05, 0.1) is 13.6 Å². The van der Waals surface area contributed by atoms with Crippen molar-refractivity contribution in [2.75, 3.05) is 12.8 Å². The maximum atomic E-state index is 3.66. The molecule has 0 aliphatic heterocycles. The molecule has 1 nitrogen and oxygen atoms in total. The van der Waals surface area contributed by atoms with E-state index in [9.17, 15) is 0 Å². The molecule has 0 bridgehead atoms. The summed E-state index contributed by atoms with van der Waals surface area (Å²) in [5, 5.41) is 3.56. The van der Waals surface area contributed by atoms with E-state index in [1.165, 1.54) is 19.8 Å². The maximum Gasteiger partial charge on any atom is 0.0761 e. The average molecular weight is 421 g/mol. The fraction of sp³-hybridized carbons (Fsp3) is 0.286. The summed E-state index contributed by atoms with van der Waals surface area (Å²) >= 11 is 10.7. The summed E-state index contributed by atoms with van der Waals surface area (Å²) in [5.41, 5.74) is 2.58. The van der Waals surface area contributed by atoms with E-state index in [2.05, 4.69) is 80.7 Å². The van der Waals surface area contributed by atoms with Crippen LogP contribution >= 0.6 is 55.0 Å². The molecule has 0 radical (unpaired) electrons. The van der Waals surface area contributed by atoms with Crippen LogP contribution in [0, 0.1) is 0 Å². The van der Waals surface area contributed by atoms with E-state index in [0.717, 1.165) is 10.3 Å². The fourth-order valence-electron chi connectivity index (χ4n) is 1.96. The van der Waals surface area contributed by atoms with Crippen molar-refractivity contribution in [1.82, 2.24) is 5.32 Å². The number of benzene rings is 1. The Labute approximate surface area is 139 Å². The Morgan fingerprint density at radius 1 is 1.26 bits per heavy atom. The molecular weight excluding hydrogens is 406 g/mol. The molecule has 0 aliphatic carbocycles. The average Bonchev–Trinajstić information content (AvgIpc) is 2.75. The number of hydrogen-bond donors (Lipinski definition) is 1. The molecule has 102 valence electrons. The summed E-state index contributed by atoms with van der Waals surface area (Å²) in [6.45, 7) is 3.08. The van der Waals surface area contributed by atoms with Gasteiger partial charge in [-0.15, -0.1) is 23.1 Å². The van der Waals surface area contributed by atoms with Gasteiger partial charge < -0.3 is 5.32 Å². The fourth-order valence-corrected chi connectivity index (χ4v) is 5.27. The number of thioether (sulfide) groups is 1. The summed E-state index contributed by atoms with van der Waals surface area (Å²) in [6, 6.07) is 11.2. The van der Waals surface area contributed by atoms with Gasteiger partial charge in [-0.3, -0.25) is 0 Å². The van der Waals surface area contributed by atoms with Crippen molar-refractivity contribution in [3.05, 3.63) is 49.0 Å². The lowest BCUT2D eigenvalue weighted by Gasteiger charge is -2.18. The summed E-state index contributed by atoms with van der Waals surface area (Å²) in [5.74, 6) is 0. The van der Waals surface area contributed by atoms with Crippen LogP contribution in [-0.4, -0.2) is 12.8 Å². The van der Waals surface area contributed by atoms with Gasteiger partial charge in [0.15, 0.2) is 0 Å². The van der Waals surface area contributed by atoms with E-state index in [1.54, 1.807) is 23.1 Å². The first kappa shape index (κ1) is 15.6. The van der Waals surface area contributed by atoms with Crippen LogP contribution in [-0.2, 0) is 0 Å².